The normalized spacial score (nSPS) is 17.9. The van der Waals surface area contributed by atoms with E-state index < -0.39 is 15.7 Å². The molecular weight excluding hydrogens is 458 g/mol. The molecule has 1 amide bonds. The molecule has 2 aromatic rings. The molecule has 0 spiro atoms. The molecular formula is C22H29N7O4S. The van der Waals surface area contributed by atoms with Crippen LogP contribution in [0.1, 0.15) is 29.8 Å². The Morgan fingerprint density at radius 1 is 1.24 bits per heavy atom. The van der Waals surface area contributed by atoms with Gasteiger partial charge in [0, 0.05) is 37.9 Å². The average molecular weight is 488 g/mol. The zero-order valence-corrected chi connectivity index (χ0v) is 20.2. The molecule has 182 valence electrons. The molecule has 1 fully saturated rings. The summed E-state index contributed by atoms with van der Waals surface area (Å²) in [6.07, 6.45) is 1.64. The van der Waals surface area contributed by atoms with Gasteiger partial charge in [0.15, 0.2) is 5.84 Å². The van der Waals surface area contributed by atoms with Crippen molar-refractivity contribution in [3.63, 3.8) is 0 Å². The molecule has 4 rings (SSSR count). The second-order valence-electron chi connectivity index (χ2n) is 9.05. The quantitative estimate of drug-likeness (QED) is 0.543. The fraction of sp³-hybridized carbons (Fsp3) is 0.409. The van der Waals surface area contributed by atoms with Gasteiger partial charge in [-0.25, -0.2) is 4.98 Å². The van der Waals surface area contributed by atoms with E-state index in [4.69, 9.17) is 10.5 Å². The Balaban J connectivity index is 1.43. The van der Waals surface area contributed by atoms with Gasteiger partial charge in [-0.15, -0.1) is 4.40 Å². The number of hydrogen-bond acceptors (Lipinski definition) is 8. The first-order chi connectivity index (χ1) is 16.0. The maximum absolute atomic E-state index is 13.0. The van der Waals surface area contributed by atoms with E-state index in [0.29, 0.717) is 22.6 Å². The second kappa shape index (κ2) is 9.11. The van der Waals surface area contributed by atoms with Crippen LogP contribution in [0.3, 0.4) is 0 Å². The number of benzene rings is 1. The first-order valence-corrected chi connectivity index (χ1v) is 12.3. The molecule has 12 heteroatoms. The van der Waals surface area contributed by atoms with Gasteiger partial charge in [0.25, 0.3) is 5.91 Å². The van der Waals surface area contributed by atoms with E-state index in [1.165, 1.54) is 0 Å². The number of carbonyl (C=O) groups excluding carboxylic acids is 1. The van der Waals surface area contributed by atoms with Crippen LogP contribution in [-0.2, 0) is 10.2 Å². The minimum absolute atomic E-state index is 0.117. The third-order valence-electron chi connectivity index (χ3n) is 5.62. The van der Waals surface area contributed by atoms with E-state index in [9.17, 15) is 13.2 Å². The van der Waals surface area contributed by atoms with Crippen LogP contribution in [0.15, 0.2) is 40.9 Å². The number of ether oxygens (including phenoxy) is 1. The Bertz CT molecular complexity index is 1220. The summed E-state index contributed by atoms with van der Waals surface area (Å²) < 4.78 is 35.3. The lowest BCUT2D eigenvalue weighted by molar-refractivity contribution is 0.0880. The van der Waals surface area contributed by atoms with Crippen LogP contribution in [-0.4, -0.2) is 75.4 Å². The van der Waals surface area contributed by atoms with Crippen LogP contribution in [0.25, 0.3) is 0 Å². The highest BCUT2D eigenvalue weighted by molar-refractivity contribution is 7.91. The monoisotopic (exact) mass is 487 g/mol. The van der Waals surface area contributed by atoms with Crippen molar-refractivity contribution in [1.29, 1.82) is 0 Å². The molecule has 3 heterocycles. The van der Waals surface area contributed by atoms with E-state index in [1.807, 2.05) is 13.8 Å². The summed E-state index contributed by atoms with van der Waals surface area (Å²) in [5, 5.41) is 2.99. The number of hydrogen-bond donors (Lipinski definition) is 3. The predicted molar refractivity (Wildman–Crippen MR) is 131 cm³/mol. The third kappa shape index (κ3) is 5.39. The maximum atomic E-state index is 13.0. The third-order valence-corrected chi connectivity index (χ3v) is 6.53. The molecule has 2 aliphatic heterocycles. The zero-order valence-electron chi connectivity index (χ0n) is 19.4. The molecule has 0 radical (unpaired) electrons. The van der Waals surface area contributed by atoms with Crippen molar-refractivity contribution in [3.8, 4) is 5.75 Å². The highest BCUT2D eigenvalue weighted by Crippen LogP contribution is 2.31. The Morgan fingerprint density at radius 2 is 1.97 bits per heavy atom. The smallest absolute Gasteiger partial charge is 0.344 e. The molecule has 2 aliphatic rings. The van der Waals surface area contributed by atoms with Crippen molar-refractivity contribution in [2.75, 3.05) is 49.5 Å². The van der Waals surface area contributed by atoms with Gasteiger partial charge in [0.1, 0.15) is 18.2 Å². The van der Waals surface area contributed by atoms with Crippen LogP contribution in [0.4, 0.5) is 11.5 Å². The van der Waals surface area contributed by atoms with E-state index in [2.05, 4.69) is 36.3 Å². The number of fused-ring (bicyclic) bond motifs is 1. The summed E-state index contributed by atoms with van der Waals surface area (Å²) in [5.74, 6) is 0.752. The van der Waals surface area contributed by atoms with E-state index >= 15 is 0 Å². The number of nitrogens with two attached hydrogens (primary N) is 1. The number of anilines is 2. The fourth-order valence-electron chi connectivity index (χ4n) is 3.78. The summed E-state index contributed by atoms with van der Waals surface area (Å²) in [7, 11) is -1.79. The maximum Gasteiger partial charge on any atom is 0.344 e. The fourth-order valence-corrected chi connectivity index (χ4v) is 4.62. The molecule has 1 aromatic heterocycles. The molecule has 4 N–H and O–H groups in total. The predicted octanol–water partition coefficient (Wildman–Crippen LogP) is 0.796. The first-order valence-electron chi connectivity index (χ1n) is 10.9. The highest BCUT2D eigenvalue weighted by Gasteiger charge is 2.27. The Labute approximate surface area is 199 Å². The minimum atomic E-state index is -3.88. The van der Waals surface area contributed by atoms with E-state index in [0.717, 1.165) is 32.0 Å². The van der Waals surface area contributed by atoms with E-state index in [-0.39, 0.29) is 18.3 Å². The Kier molecular flexibility index (Phi) is 6.36. The number of nitrogens with zero attached hydrogens (tertiary/aromatic N) is 4. The molecule has 0 atom stereocenters. The molecule has 11 nitrogen and oxygen atoms in total. The van der Waals surface area contributed by atoms with Crippen LogP contribution >= 0.6 is 0 Å². The molecule has 1 saturated heterocycles. The Morgan fingerprint density at radius 3 is 2.71 bits per heavy atom. The zero-order chi connectivity index (χ0) is 24.5. The van der Waals surface area contributed by atoms with Gasteiger partial charge < -0.3 is 25.6 Å². The lowest BCUT2D eigenvalue weighted by Gasteiger charge is -2.33. The summed E-state index contributed by atoms with van der Waals surface area (Å²) in [6, 6.07) is 8.38. The van der Waals surface area contributed by atoms with Crippen molar-refractivity contribution in [2.24, 2.45) is 10.1 Å². The van der Waals surface area contributed by atoms with Gasteiger partial charge in [0.2, 0.25) is 0 Å². The van der Waals surface area contributed by atoms with Crippen LogP contribution < -0.4 is 25.4 Å². The summed E-state index contributed by atoms with van der Waals surface area (Å²) >= 11 is 0. The lowest BCUT2D eigenvalue weighted by atomic mass is 10.1. The largest absolute Gasteiger partial charge is 0.490 e. The summed E-state index contributed by atoms with van der Waals surface area (Å²) in [6.45, 7) is 7.40. The summed E-state index contributed by atoms with van der Waals surface area (Å²) in [5.41, 5.74) is 6.30. The van der Waals surface area contributed by atoms with Gasteiger partial charge in [-0.3, -0.25) is 9.52 Å². The molecule has 0 saturated carbocycles. The van der Waals surface area contributed by atoms with Crippen LogP contribution in [0.5, 0.6) is 5.75 Å². The standard InChI is InChI=1S/C22H29N7O4S/c1-22(2,14-33-17-6-4-5-16-19(17)20(23)27-34(31,32)26-16)25-21(30)15-7-8-24-18(13-15)29-11-9-28(3)10-12-29/h4-8,13,26H,9-12,14H2,1-3H3,(H2,23,27)(H,25,30). The minimum Gasteiger partial charge on any atom is -0.490 e. The van der Waals surface area contributed by atoms with Gasteiger partial charge in [-0.1, -0.05) is 6.07 Å². The number of piperazine rings is 1. The molecule has 1 aromatic carbocycles. The number of amides is 1. The number of likely N-dealkylation sites (N-methyl/N-ethyl adjacent to an activating group) is 1. The number of rotatable bonds is 6. The van der Waals surface area contributed by atoms with Crippen molar-refractivity contribution < 1.29 is 17.9 Å². The van der Waals surface area contributed by atoms with Crippen LogP contribution in [0.2, 0.25) is 0 Å². The van der Waals surface area contributed by atoms with Crippen molar-refractivity contribution in [1.82, 2.24) is 15.2 Å². The van der Waals surface area contributed by atoms with Gasteiger partial charge in [0.05, 0.1) is 16.8 Å². The van der Waals surface area contributed by atoms with E-state index in [1.54, 1.807) is 36.5 Å². The SMILES string of the molecule is CN1CCN(c2cc(C(=O)NC(C)(C)COc3cccc4c3C(N)=NS(=O)(=O)N4)ccn2)CC1. The summed E-state index contributed by atoms with van der Waals surface area (Å²) in [4.78, 5) is 21.8. The van der Waals surface area contributed by atoms with Crippen molar-refractivity contribution in [2.45, 2.75) is 19.4 Å². The number of nitrogens with one attached hydrogen (secondary N) is 2. The molecule has 34 heavy (non-hydrogen) atoms. The van der Waals surface area contributed by atoms with Crippen molar-refractivity contribution in [3.05, 3.63) is 47.7 Å². The molecule has 0 unspecified atom stereocenters. The second-order valence-corrected chi connectivity index (χ2v) is 10.4. The lowest BCUT2D eigenvalue weighted by Crippen LogP contribution is -2.48. The highest BCUT2D eigenvalue weighted by atomic mass is 32.2. The van der Waals surface area contributed by atoms with Gasteiger partial charge in [-0.05, 0) is 45.2 Å². The molecule has 0 aliphatic carbocycles. The van der Waals surface area contributed by atoms with Gasteiger partial charge >= 0.3 is 10.2 Å². The molecule has 0 bridgehead atoms. The number of carbonyl (C=O) groups is 1. The topological polar surface area (TPSA) is 142 Å². The van der Waals surface area contributed by atoms with Crippen molar-refractivity contribution >= 4 is 33.5 Å². The van der Waals surface area contributed by atoms with Gasteiger partial charge in [-0.2, -0.15) is 8.42 Å². The number of amidine groups is 1. The van der Waals surface area contributed by atoms with Crippen LogP contribution in [0, 0.1) is 0 Å². The number of pyridine rings is 1. The average Bonchev–Trinajstić information content (AvgIpc) is 2.77. The number of aromatic nitrogens is 1. The first kappa shape index (κ1) is 23.8. The Hall–Kier alpha value is -3.38.